The van der Waals surface area contributed by atoms with E-state index in [0.29, 0.717) is 30.0 Å². The first-order valence-corrected chi connectivity index (χ1v) is 12.5. The van der Waals surface area contributed by atoms with Crippen LogP contribution < -0.4 is 10.1 Å². The van der Waals surface area contributed by atoms with Crippen molar-refractivity contribution in [3.8, 4) is 39.7 Å². The molecule has 2 aromatic carbocycles. The van der Waals surface area contributed by atoms with Crippen LogP contribution in [-0.4, -0.2) is 34.4 Å². The molecule has 0 aliphatic heterocycles. The second kappa shape index (κ2) is 10.8. The predicted octanol–water partition coefficient (Wildman–Crippen LogP) is 7.05. The van der Waals surface area contributed by atoms with Gasteiger partial charge in [0, 0.05) is 12.6 Å². The largest absolute Gasteiger partial charge is 0.507 e. The molecule has 1 amide bonds. The average Bonchev–Trinajstić information content (AvgIpc) is 3.25. The first-order valence-electron chi connectivity index (χ1n) is 12.1. The van der Waals surface area contributed by atoms with Crippen molar-refractivity contribution in [3.05, 3.63) is 47.1 Å². The summed E-state index contributed by atoms with van der Waals surface area (Å²) in [5.41, 5.74) is 1.56. The lowest BCUT2D eigenvalue weighted by molar-refractivity contribution is 0.0947. The lowest BCUT2D eigenvalue weighted by Gasteiger charge is -2.34. The van der Waals surface area contributed by atoms with Crippen molar-refractivity contribution in [1.29, 1.82) is 0 Å². The number of aromatic nitrogens is 1. The summed E-state index contributed by atoms with van der Waals surface area (Å²) in [6.07, 6.45) is 2.13. The van der Waals surface area contributed by atoms with Crippen molar-refractivity contribution in [2.75, 3.05) is 13.2 Å². The number of phenolic OH excluding ortho intramolecular Hbond substituents is 2. The molecule has 7 nitrogen and oxygen atoms in total. The third-order valence-corrected chi connectivity index (χ3v) is 6.54. The molecule has 8 heteroatoms. The Morgan fingerprint density at radius 1 is 1.06 bits per heavy atom. The van der Waals surface area contributed by atoms with Gasteiger partial charge in [-0.05, 0) is 47.9 Å². The van der Waals surface area contributed by atoms with Gasteiger partial charge in [-0.2, -0.15) is 0 Å². The highest BCUT2D eigenvalue weighted by atomic mass is 35.5. The van der Waals surface area contributed by atoms with Crippen LogP contribution in [-0.2, 0) is 0 Å². The number of aromatic hydroxyl groups is 2. The molecule has 1 heterocycles. The van der Waals surface area contributed by atoms with Crippen molar-refractivity contribution in [3.63, 3.8) is 0 Å². The van der Waals surface area contributed by atoms with E-state index in [0.717, 1.165) is 18.9 Å². The Hall–Kier alpha value is -3.19. The van der Waals surface area contributed by atoms with Crippen molar-refractivity contribution in [2.24, 2.45) is 10.8 Å². The average molecular weight is 515 g/mol. The zero-order valence-electron chi connectivity index (χ0n) is 21.7. The van der Waals surface area contributed by atoms with Gasteiger partial charge < -0.3 is 24.8 Å². The number of hydrogen-bond acceptors (Lipinski definition) is 6. The van der Waals surface area contributed by atoms with Crippen molar-refractivity contribution >= 4 is 17.5 Å². The summed E-state index contributed by atoms with van der Waals surface area (Å²) in [5, 5.41) is 27.0. The van der Waals surface area contributed by atoms with Crippen LogP contribution >= 0.6 is 11.6 Å². The molecule has 3 rings (SSSR count). The van der Waals surface area contributed by atoms with Crippen molar-refractivity contribution in [2.45, 2.75) is 54.4 Å². The first-order chi connectivity index (χ1) is 16.9. The predicted molar refractivity (Wildman–Crippen MR) is 142 cm³/mol. The highest BCUT2D eigenvalue weighted by Crippen LogP contribution is 2.43. The number of benzene rings is 2. The lowest BCUT2D eigenvalue weighted by Crippen LogP contribution is -2.28. The minimum atomic E-state index is -0.410. The third kappa shape index (κ3) is 6.32. The van der Waals surface area contributed by atoms with E-state index in [1.807, 2.05) is 24.3 Å². The lowest BCUT2D eigenvalue weighted by atomic mass is 9.74. The Bertz CT molecular complexity index is 1220. The fraction of sp³-hybridized carbons (Fsp3) is 0.429. The Morgan fingerprint density at radius 3 is 2.33 bits per heavy atom. The Kier molecular flexibility index (Phi) is 8.24. The van der Waals surface area contributed by atoms with E-state index >= 15 is 0 Å². The molecular formula is C28H35ClN2O5. The molecule has 0 radical (unpaired) electrons. The third-order valence-electron chi connectivity index (χ3n) is 6.24. The summed E-state index contributed by atoms with van der Waals surface area (Å²) in [5.74, 6) is -0.0717. The molecule has 0 saturated heterocycles. The van der Waals surface area contributed by atoms with Crippen LogP contribution in [0.2, 0.25) is 5.02 Å². The number of hydrogen-bond donors (Lipinski definition) is 3. The summed E-state index contributed by atoms with van der Waals surface area (Å²) in [4.78, 5) is 12.7. The highest BCUT2D eigenvalue weighted by molar-refractivity contribution is 6.32. The van der Waals surface area contributed by atoms with Gasteiger partial charge in [0.15, 0.2) is 11.5 Å². The number of halogens is 1. The van der Waals surface area contributed by atoms with E-state index in [2.05, 4.69) is 45.1 Å². The van der Waals surface area contributed by atoms with Crippen LogP contribution in [0.5, 0.6) is 17.2 Å². The fourth-order valence-corrected chi connectivity index (χ4v) is 4.51. The number of nitrogens with zero attached hydrogens (tertiary/aromatic N) is 1. The molecule has 0 atom stereocenters. The van der Waals surface area contributed by atoms with Crippen LogP contribution in [0.15, 0.2) is 40.9 Å². The summed E-state index contributed by atoms with van der Waals surface area (Å²) < 4.78 is 11.6. The van der Waals surface area contributed by atoms with Gasteiger partial charge in [0.1, 0.15) is 17.2 Å². The topological polar surface area (TPSA) is 105 Å². The molecule has 36 heavy (non-hydrogen) atoms. The Balaban J connectivity index is 1.94. The molecule has 3 aromatic rings. The van der Waals surface area contributed by atoms with Gasteiger partial charge in [0.2, 0.25) is 0 Å². The molecule has 0 fully saturated rings. The Morgan fingerprint density at radius 2 is 1.72 bits per heavy atom. The van der Waals surface area contributed by atoms with E-state index in [1.54, 1.807) is 6.92 Å². The first kappa shape index (κ1) is 27.4. The van der Waals surface area contributed by atoms with Gasteiger partial charge in [0.05, 0.1) is 22.8 Å². The van der Waals surface area contributed by atoms with Crippen molar-refractivity contribution < 1.29 is 24.3 Å². The number of nitrogens with one attached hydrogen (secondary N) is 1. The van der Waals surface area contributed by atoms with Gasteiger partial charge >= 0.3 is 0 Å². The summed E-state index contributed by atoms with van der Waals surface area (Å²) in [6.45, 7) is 13.9. The number of ether oxygens (including phenoxy) is 1. The van der Waals surface area contributed by atoms with Crippen molar-refractivity contribution in [1.82, 2.24) is 10.5 Å². The van der Waals surface area contributed by atoms with E-state index in [1.165, 1.54) is 6.07 Å². The molecule has 0 saturated carbocycles. The normalized spacial score (nSPS) is 12.0. The monoisotopic (exact) mass is 514 g/mol. The highest BCUT2D eigenvalue weighted by Gasteiger charge is 2.29. The second-order valence-electron chi connectivity index (χ2n) is 10.6. The molecule has 0 aliphatic carbocycles. The minimum Gasteiger partial charge on any atom is -0.507 e. The van der Waals surface area contributed by atoms with Gasteiger partial charge in [-0.25, -0.2) is 0 Å². The standard InChI is InChI=1S/C28H35ClN2O5/c1-7-27(3,4)15-28(5,6)16-35-18-11-9-17(10-12-18)23-24(26(34)30-8-2)31-36-25(23)19-13-20(29)22(33)14-21(19)32/h9-14,32-33H,7-8,15-16H2,1-6H3,(H,30,34). The number of amides is 1. The molecule has 1 aromatic heterocycles. The van der Waals surface area contributed by atoms with E-state index in [4.69, 9.17) is 20.9 Å². The molecule has 0 unspecified atom stereocenters. The SMILES string of the molecule is CCNC(=O)c1noc(-c2cc(Cl)c(O)cc2O)c1-c1ccc(OCC(C)(C)CC(C)(C)CC)cc1. The summed E-state index contributed by atoms with van der Waals surface area (Å²) in [7, 11) is 0. The molecule has 0 bridgehead atoms. The quantitative estimate of drug-likeness (QED) is 0.267. The number of phenols is 2. The van der Waals surface area contributed by atoms with E-state index < -0.39 is 5.91 Å². The summed E-state index contributed by atoms with van der Waals surface area (Å²) >= 11 is 6.08. The van der Waals surface area contributed by atoms with Crippen LogP contribution in [0.25, 0.3) is 22.5 Å². The van der Waals surface area contributed by atoms with Gasteiger partial charge in [-0.15, -0.1) is 0 Å². The van der Waals surface area contributed by atoms with Crippen LogP contribution in [0.3, 0.4) is 0 Å². The van der Waals surface area contributed by atoms with Crippen LogP contribution in [0.1, 0.15) is 64.9 Å². The molecule has 194 valence electrons. The number of carbonyl (C=O) groups is 1. The zero-order chi connectivity index (χ0) is 26.7. The number of carbonyl (C=O) groups excluding carboxylic acids is 1. The molecular weight excluding hydrogens is 480 g/mol. The fourth-order valence-electron chi connectivity index (χ4n) is 4.34. The summed E-state index contributed by atoms with van der Waals surface area (Å²) in [6, 6.07) is 9.78. The van der Waals surface area contributed by atoms with Crippen LogP contribution in [0.4, 0.5) is 0 Å². The molecule has 0 aliphatic rings. The van der Waals surface area contributed by atoms with E-state index in [9.17, 15) is 15.0 Å². The maximum absolute atomic E-state index is 12.7. The maximum Gasteiger partial charge on any atom is 0.274 e. The molecule has 3 N–H and O–H groups in total. The minimum absolute atomic E-state index is 0.000897. The molecule has 0 spiro atoms. The van der Waals surface area contributed by atoms with Gasteiger partial charge in [0.25, 0.3) is 5.91 Å². The van der Waals surface area contributed by atoms with Gasteiger partial charge in [-0.1, -0.05) is 69.9 Å². The van der Waals surface area contributed by atoms with E-state index in [-0.39, 0.29) is 44.4 Å². The Labute approximate surface area is 217 Å². The van der Waals surface area contributed by atoms with Crippen LogP contribution in [0, 0.1) is 10.8 Å². The smallest absolute Gasteiger partial charge is 0.274 e. The zero-order valence-corrected chi connectivity index (χ0v) is 22.5. The number of rotatable bonds is 10. The van der Waals surface area contributed by atoms with Gasteiger partial charge in [-0.3, -0.25) is 4.79 Å². The maximum atomic E-state index is 12.7. The second-order valence-corrected chi connectivity index (χ2v) is 11.0.